The fraction of sp³-hybridized carbons (Fsp3) is 0.818. The second-order valence-electron chi connectivity index (χ2n) is 5.53. The van der Waals surface area contributed by atoms with Gasteiger partial charge in [-0.25, -0.2) is 13.6 Å². The van der Waals surface area contributed by atoms with E-state index in [1.165, 1.54) is 0 Å². The van der Waals surface area contributed by atoms with E-state index in [0.717, 1.165) is 0 Å². The van der Waals surface area contributed by atoms with Crippen LogP contribution in [0.15, 0.2) is 0 Å². The molecule has 3 N–H and O–H groups in total. The van der Waals surface area contributed by atoms with Crippen molar-refractivity contribution in [1.82, 2.24) is 5.32 Å². The molecular formula is C11H18F2N2O3. The van der Waals surface area contributed by atoms with Crippen LogP contribution in [0.2, 0.25) is 0 Å². The van der Waals surface area contributed by atoms with Crippen LogP contribution in [0.25, 0.3) is 0 Å². The fourth-order valence-electron chi connectivity index (χ4n) is 2.16. The van der Waals surface area contributed by atoms with Gasteiger partial charge in [0.1, 0.15) is 0 Å². The summed E-state index contributed by atoms with van der Waals surface area (Å²) in [5.74, 6) is -0.934. The van der Waals surface area contributed by atoms with Gasteiger partial charge in [0.2, 0.25) is 0 Å². The van der Waals surface area contributed by atoms with E-state index in [9.17, 15) is 18.4 Å². The molecule has 1 fully saturated rings. The first kappa shape index (κ1) is 14.7. The number of alkyl halides is 2. The Bertz CT molecular complexity index is 355. The maximum atomic E-state index is 12.1. The van der Waals surface area contributed by atoms with Gasteiger partial charge in [-0.15, -0.1) is 0 Å². The van der Waals surface area contributed by atoms with Gasteiger partial charge in [0, 0.05) is 12.3 Å². The maximum absolute atomic E-state index is 12.1. The molecule has 0 heterocycles. The van der Waals surface area contributed by atoms with Gasteiger partial charge in [0.15, 0.2) is 5.60 Å². The molecule has 18 heavy (non-hydrogen) atoms. The highest BCUT2D eigenvalue weighted by molar-refractivity contribution is 5.91. The molecule has 0 radical (unpaired) electrons. The Hall–Kier alpha value is -1.40. The molecule has 0 saturated heterocycles. The summed E-state index contributed by atoms with van der Waals surface area (Å²) in [7, 11) is 0. The van der Waals surface area contributed by atoms with Crippen molar-refractivity contribution in [1.29, 1.82) is 0 Å². The molecule has 104 valence electrons. The van der Waals surface area contributed by atoms with E-state index in [4.69, 9.17) is 10.5 Å². The zero-order chi connectivity index (χ0) is 14.1. The van der Waals surface area contributed by atoms with Gasteiger partial charge in [-0.2, -0.15) is 0 Å². The quantitative estimate of drug-likeness (QED) is 0.802. The first-order valence-corrected chi connectivity index (χ1v) is 5.64. The summed E-state index contributed by atoms with van der Waals surface area (Å²) in [6, 6.07) is 0. The summed E-state index contributed by atoms with van der Waals surface area (Å²) in [4.78, 5) is 22.7. The molecule has 0 aromatic carbocycles. The van der Waals surface area contributed by atoms with Crippen LogP contribution in [0.5, 0.6) is 0 Å². The average Bonchev–Trinajstić information content (AvgIpc) is 2.88. The number of primary amides is 1. The standard InChI is InChI=1S/C11H18F2N2O3/c1-10(2,3)6-4-11(6,18-9(14)17)8(16)15-5-7(12)13/h6-7H,4-5H2,1-3H3,(H2,14,17)(H,15,16). The number of hydrogen-bond donors (Lipinski definition) is 2. The Balaban J connectivity index is 2.76. The normalized spacial score (nSPS) is 26.9. The minimum Gasteiger partial charge on any atom is -0.433 e. The molecular weight excluding hydrogens is 246 g/mol. The molecule has 0 aliphatic heterocycles. The van der Waals surface area contributed by atoms with Gasteiger partial charge >= 0.3 is 6.09 Å². The van der Waals surface area contributed by atoms with Crippen molar-refractivity contribution in [2.45, 2.75) is 39.2 Å². The van der Waals surface area contributed by atoms with E-state index in [-0.39, 0.29) is 11.3 Å². The number of rotatable bonds is 4. The van der Waals surface area contributed by atoms with Gasteiger partial charge in [0.25, 0.3) is 12.3 Å². The van der Waals surface area contributed by atoms with E-state index in [2.05, 4.69) is 5.32 Å². The SMILES string of the molecule is CC(C)(C)C1CC1(OC(N)=O)C(=O)NCC(F)F. The number of nitrogens with two attached hydrogens (primary N) is 1. The van der Waals surface area contributed by atoms with Crippen LogP contribution in [0.1, 0.15) is 27.2 Å². The lowest BCUT2D eigenvalue weighted by Crippen LogP contribution is -2.45. The van der Waals surface area contributed by atoms with Crippen molar-refractivity contribution in [2.75, 3.05) is 6.54 Å². The molecule has 1 aliphatic carbocycles. The fourth-order valence-corrected chi connectivity index (χ4v) is 2.16. The first-order chi connectivity index (χ1) is 8.09. The molecule has 1 aliphatic rings. The van der Waals surface area contributed by atoms with E-state index in [1.54, 1.807) is 0 Å². The largest absolute Gasteiger partial charge is 0.433 e. The molecule has 7 heteroatoms. The lowest BCUT2D eigenvalue weighted by atomic mass is 9.88. The van der Waals surface area contributed by atoms with E-state index >= 15 is 0 Å². The number of halogens is 2. The van der Waals surface area contributed by atoms with Crippen molar-refractivity contribution in [3.63, 3.8) is 0 Å². The molecule has 0 bridgehead atoms. The molecule has 5 nitrogen and oxygen atoms in total. The Morgan fingerprint density at radius 1 is 1.50 bits per heavy atom. The molecule has 0 aromatic rings. The Kier molecular flexibility index (Phi) is 3.83. The topological polar surface area (TPSA) is 81.4 Å². The number of ether oxygens (including phenoxy) is 1. The minimum atomic E-state index is -2.65. The summed E-state index contributed by atoms with van der Waals surface area (Å²) >= 11 is 0. The third-order valence-corrected chi connectivity index (χ3v) is 3.04. The summed E-state index contributed by atoms with van der Waals surface area (Å²) in [5.41, 5.74) is 3.26. The second kappa shape index (κ2) is 4.70. The number of amides is 2. The summed E-state index contributed by atoms with van der Waals surface area (Å²) in [6.07, 6.45) is -3.42. The van der Waals surface area contributed by atoms with Crippen molar-refractivity contribution in [3.05, 3.63) is 0 Å². The van der Waals surface area contributed by atoms with Crippen LogP contribution in [0.3, 0.4) is 0 Å². The molecule has 0 aromatic heterocycles. The Morgan fingerprint density at radius 3 is 2.39 bits per heavy atom. The second-order valence-corrected chi connectivity index (χ2v) is 5.53. The maximum Gasteiger partial charge on any atom is 0.405 e. The highest BCUT2D eigenvalue weighted by atomic mass is 19.3. The van der Waals surface area contributed by atoms with Crippen molar-refractivity contribution < 1.29 is 23.1 Å². The molecule has 1 saturated carbocycles. The summed E-state index contributed by atoms with van der Waals surface area (Å²) in [6.45, 7) is 4.87. The van der Waals surface area contributed by atoms with Crippen LogP contribution in [-0.4, -0.2) is 30.6 Å². The van der Waals surface area contributed by atoms with Crippen LogP contribution in [0, 0.1) is 11.3 Å². The summed E-state index contributed by atoms with van der Waals surface area (Å²) in [5, 5.41) is 2.07. The van der Waals surface area contributed by atoms with Gasteiger partial charge < -0.3 is 15.8 Å². The van der Waals surface area contributed by atoms with Crippen LogP contribution >= 0.6 is 0 Å². The third-order valence-electron chi connectivity index (χ3n) is 3.04. The minimum absolute atomic E-state index is 0.227. The summed E-state index contributed by atoms with van der Waals surface area (Å²) < 4.78 is 29.0. The van der Waals surface area contributed by atoms with Crippen LogP contribution in [-0.2, 0) is 9.53 Å². The first-order valence-electron chi connectivity index (χ1n) is 5.64. The third kappa shape index (κ3) is 3.08. The monoisotopic (exact) mass is 264 g/mol. The zero-order valence-corrected chi connectivity index (χ0v) is 10.6. The number of carbonyl (C=O) groups is 2. The van der Waals surface area contributed by atoms with Crippen molar-refractivity contribution in [2.24, 2.45) is 17.1 Å². The predicted molar refractivity (Wildman–Crippen MR) is 60.0 cm³/mol. The van der Waals surface area contributed by atoms with E-state index in [1.807, 2.05) is 20.8 Å². The van der Waals surface area contributed by atoms with Crippen LogP contribution in [0.4, 0.5) is 13.6 Å². The number of nitrogens with one attached hydrogen (secondary N) is 1. The van der Waals surface area contributed by atoms with Crippen molar-refractivity contribution >= 4 is 12.0 Å². The van der Waals surface area contributed by atoms with E-state index < -0.39 is 30.6 Å². The van der Waals surface area contributed by atoms with Crippen molar-refractivity contribution in [3.8, 4) is 0 Å². The smallest absolute Gasteiger partial charge is 0.405 e. The highest BCUT2D eigenvalue weighted by Gasteiger charge is 2.67. The van der Waals surface area contributed by atoms with Gasteiger partial charge in [0.05, 0.1) is 6.54 Å². The zero-order valence-electron chi connectivity index (χ0n) is 10.6. The molecule has 0 spiro atoms. The molecule has 2 unspecified atom stereocenters. The number of hydrogen-bond acceptors (Lipinski definition) is 3. The lowest BCUT2D eigenvalue weighted by Gasteiger charge is -2.23. The molecule has 2 amide bonds. The molecule has 2 atom stereocenters. The highest BCUT2D eigenvalue weighted by Crippen LogP contribution is 2.56. The Labute approximate surface area is 104 Å². The van der Waals surface area contributed by atoms with E-state index in [0.29, 0.717) is 6.42 Å². The lowest BCUT2D eigenvalue weighted by molar-refractivity contribution is -0.134. The van der Waals surface area contributed by atoms with Gasteiger partial charge in [-0.3, -0.25) is 4.79 Å². The average molecular weight is 264 g/mol. The van der Waals surface area contributed by atoms with Gasteiger partial charge in [-0.1, -0.05) is 20.8 Å². The Morgan fingerprint density at radius 2 is 2.06 bits per heavy atom. The van der Waals surface area contributed by atoms with Crippen LogP contribution < -0.4 is 11.1 Å². The van der Waals surface area contributed by atoms with Gasteiger partial charge in [-0.05, 0) is 5.41 Å². The molecule has 1 rings (SSSR count). The predicted octanol–water partition coefficient (Wildman–Crippen LogP) is 1.27. The number of carbonyl (C=O) groups excluding carboxylic acids is 2.